The Morgan fingerprint density at radius 3 is 2.68 bits per heavy atom. The van der Waals surface area contributed by atoms with Gasteiger partial charge in [-0.3, -0.25) is 4.79 Å². The number of aliphatic hydroxyl groups excluding tert-OH is 1. The minimum atomic E-state index is -0.186. The minimum absolute atomic E-state index is 0.0267. The number of rotatable bonds is 4. The minimum Gasteiger partial charge on any atom is -0.393 e. The SMILES string of the molecule is O=C(NCC1CCCC(O)C1)c1ccc(CBr)cc1. The molecule has 0 bridgehead atoms. The quantitative estimate of drug-likeness (QED) is 0.836. The highest BCUT2D eigenvalue weighted by molar-refractivity contribution is 9.08. The molecule has 1 aliphatic carbocycles. The standard InChI is InChI=1S/C15H20BrNO2/c16-9-11-4-6-13(7-5-11)15(19)17-10-12-2-1-3-14(18)8-12/h4-7,12,14,18H,1-3,8-10H2,(H,17,19). The normalized spacial score (nSPS) is 23.1. The molecule has 1 amide bonds. The second-order valence-electron chi connectivity index (χ2n) is 5.23. The van der Waals surface area contributed by atoms with E-state index in [1.165, 1.54) is 0 Å². The van der Waals surface area contributed by atoms with E-state index < -0.39 is 0 Å². The monoisotopic (exact) mass is 325 g/mol. The smallest absolute Gasteiger partial charge is 0.251 e. The molecule has 0 radical (unpaired) electrons. The first-order valence-electron chi connectivity index (χ1n) is 6.80. The predicted octanol–water partition coefficient (Wildman–Crippen LogP) is 2.86. The number of nitrogens with one attached hydrogen (secondary N) is 1. The number of carbonyl (C=O) groups excluding carboxylic acids is 1. The van der Waals surface area contributed by atoms with Crippen molar-refractivity contribution in [3.63, 3.8) is 0 Å². The van der Waals surface area contributed by atoms with Gasteiger partial charge in [0.1, 0.15) is 0 Å². The molecule has 3 nitrogen and oxygen atoms in total. The zero-order valence-electron chi connectivity index (χ0n) is 10.9. The van der Waals surface area contributed by atoms with E-state index in [-0.39, 0.29) is 12.0 Å². The van der Waals surface area contributed by atoms with Crippen LogP contribution in [0.25, 0.3) is 0 Å². The van der Waals surface area contributed by atoms with Crippen molar-refractivity contribution in [1.82, 2.24) is 5.32 Å². The number of hydrogen-bond acceptors (Lipinski definition) is 2. The van der Waals surface area contributed by atoms with Gasteiger partial charge in [-0.25, -0.2) is 0 Å². The van der Waals surface area contributed by atoms with Crippen molar-refractivity contribution in [3.05, 3.63) is 35.4 Å². The molecule has 0 saturated heterocycles. The van der Waals surface area contributed by atoms with Crippen LogP contribution in [-0.4, -0.2) is 23.7 Å². The molecular weight excluding hydrogens is 306 g/mol. The van der Waals surface area contributed by atoms with Crippen LogP contribution < -0.4 is 5.32 Å². The van der Waals surface area contributed by atoms with E-state index in [2.05, 4.69) is 21.2 Å². The zero-order chi connectivity index (χ0) is 13.7. The van der Waals surface area contributed by atoms with Crippen LogP contribution in [0.4, 0.5) is 0 Å². The number of carbonyl (C=O) groups is 1. The summed E-state index contributed by atoms with van der Waals surface area (Å²) in [5, 5.41) is 13.4. The number of aliphatic hydroxyl groups is 1. The van der Waals surface area contributed by atoms with E-state index in [1.54, 1.807) is 0 Å². The van der Waals surface area contributed by atoms with Crippen molar-refractivity contribution in [2.24, 2.45) is 5.92 Å². The first-order valence-corrected chi connectivity index (χ1v) is 7.92. The molecule has 104 valence electrons. The van der Waals surface area contributed by atoms with Gasteiger partial charge in [-0.05, 0) is 42.9 Å². The molecule has 2 atom stereocenters. The molecule has 1 saturated carbocycles. The molecule has 19 heavy (non-hydrogen) atoms. The van der Waals surface area contributed by atoms with E-state index in [0.29, 0.717) is 18.0 Å². The average molecular weight is 326 g/mol. The Kier molecular flexibility index (Phi) is 5.40. The van der Waals surface area contributed by atoms with Gasteiger partial charge in [0.25, 0.3) is 5.91 Å². The number of alkyl halides is 1. The Morgan fingerprint density at radius 1 is 1.32 bits per heavy atom. The van der Waals surface area contributed by atoms with Crippen LogP contribution in [-0.2, 0) is 5.33 Å². The summed E-state index contributed by atoms with van der Waals surface area (Å²) in [6, 6.07) is 7.60. The Morgan fingerprint density at radius 2 is 2.05 bits per heavy atom. The maximum atomic E-state index is 12.0. The fourth-order valence-electron chi connectivity index (χ4n) is 2.53. The fourth-order valence-corrected chi connectivity index (χ4v) is 2.91. The highest BCUT2D eigenvalue weighted by Gasteiger charge is 2.20. The Hall–Kier alpha value is -0.870. The lowest BCUT2D eigenvalue weighted by Gasteiger charge is -2.25. The first kappa shape index (κ1) is 14.5. The number of benzene rings is 1. The summed E-state index contributed by atoms with van der Waals surface area (Å²) in [4.78, 5) is 12.0. The fraction of sp³-hybridized carbons (Fsp3) is 0.533. The van der Waals surface area contributed by atoms with Gasteiger partial charge in [-0.1, -0.05) is 34.5 Å². The van der Waals surface area contributed by atoms with Gasteiger partial charge >= 0.3 is 0 Å². The lowest BCUT2D eigenvalue weighted by Crippen LogP contribution is -2.32. The summed E-state index contributed by atoms with van der Waals surface area (Å²) in [6.45, 7) is 0.663. The van der Waals surface area contributed by atoms with Crippen molar-refractivity contribution in [2.45, 2.75) is 37.1 Å². The Balaban J connectivity index is 1.83. The average Bonchev–Trinajstić information content (AvgIpc) is 2.45. The van der Waals surface area contributed by atoms with Gasteiger partial charge in [-0.15, -0.1) is 0 Å². The lowest BCUT2D eigenvalue weighted by molar-refractivity contribution is 0.0874. The molecule has 0 heterocycles. The lowest BCUT2D eigenvalue weighted by atomic mass is 9.87. The van der Waals surface area contributed by atoms with Gasteiger partial charge in [0, 0.05) is 17.4 Å². The van der Waals surface area contributed by atoms with Crippen molar-refractivity contribution < 1.29 is 9.90 Å². The summed E-state index contributed by atoms with van der Waals surface area (Å²) in [5.41, 5.74) is 1.85. The molecule has 1 aromatic rings. The summed E-state index contributed by atoms with van der Waals surface area (Å²) in [5.74, 6) is 0.385. The van der Waals surface area contributed by atoms with Gasteiger partial charge < -0.3 is 10.4 Å². The maximum absolute atomic E-state index is 12.0. The zero-order valence-corrected chi connectivity index (χ0v) is 12.5. The van der Waals surface area contributed by atoms with Gasteiger partial charge in [0.05, 0.1) is 6.10 Å². The molecule has 1 aromatic carbocycles. The molecule has 0 aromatic heterocycles. The van der Waals surface area contributed by atoms with Crippen LogP contribution in [0.3, 0.4) is 0 Å². The van der Waals surface area contributed by atoms with E-state index in [0.717, 1.165) is 36.6 Å². The highest BCUT2D eigenvalue weighted by Crippen LogP contribution is 2.23. The third-order valence-electron chi connectivity index (χ3n) is 3.68. The summed E-state index contributed by atoms with van der Waals surface area (Å²) in [7, 11) is 0. The summed E-state index contributed by atoms with van der Waals surface area (Å²) < 4.78 is 0. The second kappa shape index (κ2) is 7.06. The van der Waals surface area contributed by atoms with Crippen LogP contribution in [0, 0.1) is 5.92 Å². The number of amides is 1. The molecule has 1 fully saturated rings. The molecule has 0 aliphatic heterocycles. The van der Waals surface area contributed by atoms with Gasteiger partial charge in [0.15, 0.2) is 0 Å². The molecule has 2 N–H and O–H groups in total. The van der Waals surface area contributed by atoms with E-state index in [9.17, 15) is 9.90 Å². The molecule has 1 aliphatic rings. The van der Waals surface area contributed by atoms with Gasteiger partial charge in [0.2, 0.25) is 0 Å². The third kappa shape index (κ3) is 4.32. The topological polar surface area (TPSA) is 49.3 Å². The summed E-state index contributed by atoms with van der Waals surface area (Å²) >= 11 is 3.38. The highest BCUT2D eigenvalue weighted by atomic mass is 79.9. The number of hydrogen-bond donors (Lipinski definition) is 2. The van der Waals surface area contributed by atoms with E-state index >= 15 is 0 Å². The molecule has 2 unspecified atom stereocenters. The maximum Gasteiger partial charge on any atom is 0.251 e. The second-order valence-corrected chi connectivity index (χ2v) is 5.79. The van der Waals surface area contributed by atoms with Crippen LogP contribution in [0.1, 0.15) is 41.6 Å². The Bertz CT molecular complexity index is 419. The Labute approximate surface area is 122 Å². The van der Waals surface area contributed by atoms with Crippen molar-refractivity contribution in [1.29, 1.82) is 0 Å². The van der Waals surface area contributed by atoms with Crippen LogP contribution in [0.5, 0.6) is 0 Å². The molecular formula is C15H20BrNO2. The molecule has 2 rings (SSSR count). The van der Waals surface area contributed by atoms with E-state index in [1.807, 2.05) is 24.3 Å². The summed E-state index contributed by atoms with van der Waals surface area (Å²) in [6.07, 6.45) is 3.68. The van der Waals surface area contributed by atoms with Gasteiger partial charge in [-0.2, -0.15) is 0 Å². The van der Waals surface area contributed by atoms with Crippen LogP contribution >= 0.6 is 15.9 Å². The van der Waals surface area contributed by atoms with E-state index in [4.69, 9.17) is 0 Å². The largest absolute Gasteiger partial charge is 0.393 e. The van der Waals surface area contributed by atoms with Crippen molar-refractivity contribution in [2.75, 3.05) is 6.54 Å². The van der Waals surface area contributed by atoms with Crippen molar-refractivity contribution in [3.8, 4) is 0 Å². The third-order valence-corrected chi connectivity index (χ3v) is 4.32. The first-order chi connectivity index (χ1) is 9.19. The predicted molar refractivity (Wildman–Crippen MR) is 79.4 cm³/mol. The van der Waals surface area contributed by atoms with Crippen LogP contribution in [0.15, 0.2) is 24.3 Å². The van der Waals surface area contributed by atoms with Crippen LogP contribution in [0.2, 0.25) is 0 Å². The number of halogens is 1. The molecule has 0 spiro atoms. The van der Waals surface area contributed by atoms with Crippen molar-refractivity contribution >= 4 is 21.8 Å². The molecule has 4 heteroatoms.